The van der Waals surface area contributed by atoms with Crippen molar-refractivity contribution < 1.29 is 0 Å². The van der Waals surface area contributed by atoms with Crippen LogP contribution in [-0.4, -0.2) is 30.1 Å². The molecule has 1 aliphatic heterocycles. The summed E-state index contributed by atoms with van der Waals surface area (Å²) in [6, 6.07) is 0. The Balaban J connectivity index is 1.97. The van der Waals surface area contributed by atoms with E-state index in [1.54, 1.807) is 0 Å². The zero-order chi connectivity index (χ0) is 12.4. The van der Waals surface area contributed by atoms with Gasteiger partial charge in [0.05, 0.1) is 0 Å². The Labute approximate surface area is 107 Å². The first kappa shape index (κ1) is 13.4. The molecule has 0 bridgehead atoms. The van der Waals surface area contributed by atoms with E-state index >= 15 is 0 Å². The fourth-order valence-corrected chi connectivity index (χ4v) is 4.20. The predicted octanol–water partition coefficient (Wildman–Crippen LogP) is 3.16. The summed E-state index contributed by atoms with van der Waals surface area (Å²) in [5.41, 5.74) is 7.09. The molecule has 1 saturated carbocycles. The predicted molar refractivity (Wildman–Crippen MR) is 74.1 cm³/mol. The lowest BCUT2D eigenvalue weighted by molar-refractivity contribution is 0.0171. The lowest BCUT2D eigenvalue weighted by Crippen LogP contribution is -2.56. The standard InChI is InChI=1S/C15H30N2/c1-3-15(4-2,13-16)17-11-9-14(10-12-17)7-5-6-8-14/h3-13,16H2,1-2H3. The summed E-state index contributed by atoms with van der Waals surface area (Å²) in [7, 11) is 0. The monoisotopic (exact) mass is 238 g/mol. The normalized spacial score (nSPS) is 25.6. The van der Waals surface area contributed by atoms with Crippen LogP contribution < -0.4 is 5.73 Å². The van der Waals surface area contributed by atoms with Crippen molar-refractivity contribution in [2.75, 3.05) is 19.6 Å². The third-order valence-corrected chi connectivity index (χ3v) is 5.86. The molecule has 0 amide bonds. The largest absolute Gasteiger partial charge is 0.329 e. The minimum absolute atomic E-state index is 0.292. The molecule has 100 valence electrons. The number of nitrogens with two attached hydrogens (primary N) is 1. The van der Waals surface area contributed by atoms with Gasteiger partial charge in [-0.25, -0.2) is 0 Å². The van der Waals surface area contributed by atoms with Gasteiger partial charge in [0.1, 0.15) is 0 Å². The smallest absolute Gasteiger partial charge is 0.0326 e. The molecule has 0 aromatic rings. The van der Waals surface area contributed by atoms with E-state index in [-0.39, 0.29) is 0 Å². The van der Waals surface area contributed by atoms with Crippen molar-refractivity contribution in [3.63, 3.8) is 0 Å². The van der Waals surface area contributed by atoms with Crippen molar-refractivity contribution in [1.82, 2.24) is 4.90 Å². The molecule has 0 aromatic heterocycles. The average Bonchev–Trinajstić information content (AvgIpc) is 2.83. The van der Waals surface area contributed by atoms with Crippen LogP contribution in [0, 0.1) is 5.41 Å². The third-order valence-electron chi connectivity index (χ3n) is 5.86. The highest BCUT2D eigenvalue weighted by Gasteiger charge is 2.41. The molecule has 1 saturated heterocycles. The summed E-state index contributed by atoms with van der Waals surface area (Å²) < 4.78 is 0. The van der Waals surface area contributed by atoms with Crippen LogP contribution in [0.4, 0.5) is 0 Å². The summed E-state index contributed by atoms with van der Waals surface area (Å²) in [5, 5.41) is 0. The Morgan fingerprint density at radius 3 is 1.94 bits per heavy atom. The molecule has 0 atom stereocenters. The van der Waals surface area contributed by atoms with E-state index in [2.05, 4.69) is 18.7 Å². The molecule has 0 aromatic carbocycles. The minimum atomic E-state index is 0.292. The van der Waals surface area contributed by atoms with Crippen LogP contribution in [0.2, 0.25) is 0 Å². The van der Waals surface area contributed by atoms with Crippen LogP contribution in [0.3, 0.4) is 0 Å². The maximum absolute atomic E-state index is 6.06. The van der Waals surface area contributed by atoms with Crippen molar-refractivity contribution in [3.8, 4) is 0 Å². The van der Waals surface area contributed by atoms with Crippen LogP contribution in [0.25, 0.3) is 0 Å². The van der Waals surface area contributed by atoms with Crippen LogP contribution in [0.5, 0.6) is 0 Å². The van der Waals surface area contributed by atoms with Gasteiger partial charge >= 0.3 is 0 Å². The van der Waals surface area contributed by atoms with E-state index in [0.717, 1.165) is 12.0 Å². The molecule has 1 spiro atoms. The van der Waals surface area contributed by atoms with E-state index in [4.69, 9.17) is 5.73 Å². The zero-order valence-electron chi connectivity index (χ0n) is 11.8. The number of hydrogen-bond donors (Lipinski definition) is 1. The van der Waals surface area contributed by atoms with Gasteiger partial charge in [0.15, 0.2) is 0 Å². The van der Waals surface area contributed by atoms with Gasteiger partial charge in [-0.2, -0.15) is 0 Å². The Bertz CT molecular complexity index is 221. The van der Waals surface area contributed by atoms with Crippen LogP contribution >= 0.6 is 0 Å². The quantitative estimate of drug-likeness (QED) is 0.815. The molecule has 2 heteroatoms. The van der Waals surface area contributed by atoms with Crippen molar-refractivity contribution >= 4 is 0 Å². The second-order valence-electron chi connectivity index (χ2n) is 6.33. The molecular formula is C15H30N2. The number of nitrogens with zero attached hydrogens (tertiary/aromatic N) is 1. The highest BCUT2D eigenvalue weighted by molar-refractivity contribution is 4.96. The maximum Gasteiger partial charge on any atom is 0.0326 e. The first-order chi connectivity index (χ1) is 8.20. The van der Waals surface area contributed by atoms with E-state index < -0.39 is 0 Å². The molecule has 2 nitrogen and oxygen atoms in total. The molecule has 17 heavy (non-hydrogen) atoms. The highest BCUT2D eigenvalue weighted by atomic mass is 15.2. The Morgan fingerprint density at radius 2 is 1.53 bits per heavy atom. The van der Waals surface area contributed by atoms with E-state index in [9.17, 15) is 0 Å². The fraction of sp³-hybridized carbons (Fsp3) is 1.00. The average molecular weight is 238 g/mol. The Morgan fingerprint density at radius 1 is 1.00 bits per heavy atom. The molecule has 1 aliphatic carbocycles. The van der Waals surface area contributed by atoms with Gasteiger partial charge in [-0.1, -0.05) is 26.7 Å². The van der Waals surface area contributed by atoms with Gasteiger partial charge in [0, 0.05) is 12.1 Å². The maximum atomic E-state index is 6.06. The fourth-order valence-electron chi connectivity index (χ4n) is 4.20. The van der Waals surface area contributed by atoms with Crippen LogP contribution in [0.15, 0.2) is 0 Å². The van der Waals surface area contributed by atoms with E-state index in [1.165, 1.54) is 64.5 Å². The van der Waals surface area contributed by atoms with Gasteiger partial charge in [-0.3, -0.25) is 4.90 Å². The molecule has 0 radical (unpaired) electrons. The van der Waals surface area contributed by atoms with Crippen LogP contribution in [0.1, 0.15) is 65.2 Å². The van der Waals surface area contributed by atoms with Crippen molar-refractivity contribution in [1.29, 1.82) is 0 Å². The van der Waals surface area contributed by atoms with Crippen LogP contribution in [-0.2, 0) is 0 Å². The van der Waals surface area contributed by atoms with Gasteiger partial charge in [0.25, 0.3) is 0 Å². The van der Waals surface area contributed by atoms with E-state index in [0.29, 0.717) is 5.54 Å². The molecule has 1 heterocycles. The first-order valence-corrected chi connectivity index (χ1v) is 7.65. The summed E-state index contributed by atoms with van der Waals surface area (Å²) >= 11 is 0. The topological polar surface area (TPSA) is 29.3 Å². The minimum Gasteiger partial charge on any atom is -0.329 e. The lowest BCUT2D eigenvalue weighted by Gasteiger charge is -2.49. The lowest BCUT2D eigenvalue weighted by atomic mass is 9.75. The number of likely N-dealkylation sites (tertiary alicyclic amines) is 1. The molecular weight excluding hydrogens is 208 g/mol. The summed E-state index contributed by atoms with van der Waals surface area (Å²) in [5.74, 6) is 0. The molecule has 2 fully saturated rings. The highest BCUT2D eigenvalue weighted by Crippen LogP contribution is 2.47. The Hall–Kier alpha value is -0.0800. The molecule has 0 unspecified atom stereocenters. The van der Waals surface area contributed by atoms with Gasteiger partial charge in [-0.15, -0.1) is 0 Å². The van der Waals surface area contributed by atoms with Crippen molar-refractivity contribution in [3.05, 3.63) is 0 Å². The second-order valence-corrected chi connectivity index (χ2v) is 6.33. The number of rotatable bonds is 4. The van der Waals surface area contributed by atoms with E-state index in [1.807, 2.05) is 0 Å². The van der Waals surface area contributed by atoms with Crippen molar-refractivity contribution in [2.24, 2.45) is 11.1 Å². The number of hydrogen-bond acceptors (Lipinski definition) is 2. The zero-order valence-corrected chi connectivity index (χ0v) is 11.8. The van der Waals surface area contributed by atoms with Gasteiger partial charge in [-0.05, 0) is 57.0 Å². The summed E-state index contributed by atoms with van der Waals surface area (Å²) in [6.07, 6.45) is 11.2. The van der Waals surface area contributed by atoms with Gasteiger partial charge in [0.2, 0.25) is 0 Å². The summed E-state index contributed by atoms with van der Waals surface area (Å²) in [4.78, 5) is 2.70. The van der Waals surface area contributed by atoms with Crippen molar-refractivity contribution in [2.45, 2.75) is 70.8 Å². The molecule has 2 aliphatic rings. The summed E-state index contributed by atoms with van der Waals surface area (Å²) in [6.45, 7) is 8.01. The Kier molecular flexibility index (Phi) is 4.14. The number of piperidine rings is 1. The molecule has 2 N–H and O–H groups in total. The second kappa shape index (κ2) is 5.27. The third kappa shape index (κ3) is 2.39. The van der Waals surface area contributed by atoms with Gasteiger partial charge < -0.3 is 5.73 Å². The SMILES string of the molecule is CCC(CC)(CN)N1CCC2(CCCC2)CC1. The molecule has 2 rings (SSSR count). The first-order valence-electron chi connectivity index (χ1n) is 7.65.